The van der Waals surface area contributed by atoms with Gasteiger partial charge in [-0.05, 0) is 30.5 Å². The zero-order valence-electron chi connectivity index (χ0n) is 11.1. The Kier molecular flexibility index (Phi) is 3.71. The van der Waals surface area contributed by atoms with Crippen LogP contribution in [-0.2, 0) is 19.9 Å². The molecule has 19 heavy (non-hydrogen) atoms. The fourth-order valence-corrected chi connectivity index (χ4v) is 1.95. The minimum Gasteiger partial charge on any atom is -0.497 e. The number of benzene rings is 1. The van der Waals surface area contributed by atoms with Crippen LogP contribution in [0.3, 0.4) is 0 Å². The van der Waals surface area contributed by atoms with E-state index in [-0.39, 0.29) is 0 Å². The number of aryl methyl sites for hydroxylation is 3. The summed E-state index contributed by atoms with van der Waals surface area (Å²) in [7, 11) is 3.39. The van der Waals surface area contributed by atoms with E-state index in [1.54, 1.807) is 18.8 Å². The predicted molar refractivity (Wildman–Crippen MR) is 72.7 cm³/mol. The first kappa shape index (κ1) is 13.0. The summed E-state index contributed by atoms with van der Waals surface area (Å²) in [5.41, 5.74) is 8.19. The molecule has 0 spiro atoms. The minimum atomic E-state index is 0.423. The van der Waals surface area contributed by atoms with Crippen molar-refractivity contribution in [3.05, 3.63) is 41.1 Å². The quantitative estimate of drug-likeness (QED) is 0.902. The van der Waals surface area contributed by atoms with E-state index in [1.807, 2.05) is 24.3 Å². The van der Waals surface area contributed by atoms with Gasteiger partial charge < -0.3 is 10.5 Å². The Bertz CT molecular complexity index is 608. The highest BCUT2D eigenvalue weighted by Gasteiger charge is 2.12. The molecule has 98 valence electrons. The first-order chi connectivity index (χ1) is 9.15. The van der Waals surface area contributed by atoms with Crippen LogP contribution >= 0.6 is 0 Å². The van der Waals surface area contributed by atoms with Crippen molar-refractivity contribution in [1.29, 1.82) is 5.26 Å². The second-order valence-electron chi connectivity index (χ2n) is 4.29. The van der Waals surface area contributed by atoms with Crippen LogP contribution in [0.1, 0.15) is 16.8 Å². The highest BCUT2D eigenvalue weighted by molar-refractivity contribution is 5.52. The van der Waals surface area contributed by atoms with E-state index in [9.17, 15) is 0 Å². The van der Waals surface area contributed by atoms with E-state index in [2.05, 4.69) is 11.2 Å². The van der Waals surface area contributed by atoms with E-state index in [4.69, 9.17) is 15.7 Å². The summed E-state index contributed by atoms with van der Waals surface area (Å²) in [5.74, 6) is 1.26. The maximum absolute atomic E-state index is 9.08. The summed E-state index contributed by atoms with van der Waals surface area (Å²) in [5, 5.41) is 13.4. The molecule has 0 aliphatic heterocycles. The van der Waals surface area contributed by atoms with Gasteiger partial charge in [-0.1, -0.05) is 12.1 Å². The number of nitrogens with two attached hydrogens (primary N) is 1. The molecule has 5 heteroatoms. The van der Waals surface area contributed by atoms with Crippen LogP contribution in [0.25, 0.3) is 0 Å². The first-order valence-corrected chi connectivity index (χ1v) is 6.00. The molecule has 0 bridgehead atoms. The number of ether oxygens (including phenoxy) is 1. The fourth-order valence-electron chi connectivity index (χ4n) is 1.95. The Morgan fingerprint density at radius 1 is 1.32 bits per heavy atom. The van der Waals surface area contributed by atoms with E-state index >= 15 is 0 Å². The van der Waals surface area contributed by atoms with Crippen LogP contribution in [0, 0.1) is 11.3 Å². The van der Waals surface area contributed by atoms with Crippen LogP contribution in [0.15, 0.2) is 24.3 Å². The van der Waals surface area contributed by atoms with Crippen molar-refractivity contribution in [3.8, 4) is 11.8 Å². The molecule has 0 fully saturated rings. The maximum Gasteiger partial charge on any atom is 0.139 e. The third-order valence-corrected chi connectivity index (χ3v) is 3.09. The molecule has 0 atom stereocenters. The average Bonchev–Trinajstić information content (AvgIpc) is 2.72. The molecule has 1 aromatic heterocycles. The van der Waals surface area contributed by atoms with Crippen LogP contribution < -0.4 is 10.5 Å². The van der Waals surface area contributed by atoms with Gasteiger partial charge in [0.05, 0.1) is 12.8 Å². The van der Waals surface area contributed by atoms with Gasteiger partial charge in [0.15, 0.2) is 0 Å². The second kappa shape index (κ2) is 5.44. The third kappa shape index (κ3) is 2.68. The second-order valence-corrected chi connectivity index (χ2v) is 4.29. The zero-order chi connectivity index (χ0) is 13.8. The van der Waals surface area contributed by atoms with Crippen LogP contribution in [-0.4, -0.2) is 16.9 Å². The van der Waals surface area contributed by atoms with Gasteiger partial charge in [-0.15, -0.1) is 0 Å². The molecule has 0 aliphatic rings. The van der Waals surface area contributed by atoms with Crippen molar-refractivity contribution >= 4 is 5.82 Å². The van der Waals surface area contributed by atoms with Crippen molar-refractivity contribution < 1.29 is 4.74 Å². The van der Waals surface area contributed by atoms with Gasteiger partial charge in [0, 0.05) is 7.05 Å². The molecule has 1 aromatic carbocycles. The van der Waals surface area contributed by atoms with Gasteiger partial charge in [0.1, 0.15) is 23.2 Å². The monoisotopic (exact) mass is 256 g/mol. The Labute approximate surface area is 112 Å². The summed E-state index contributed by atoms with van der Waals surface area (Å²) < 4.78 is 6.66. The minimum absolute atomic E-state index is 0.423. The van der Waals surface area contributed by atoms with Gasteiger partial charge >= 0.3 is 0 Å². The van der Waals surface area contributed by atoms with Crippen molar-refractivity contribution in [3.63, 3.8) is 0 Å². The normalized spacial score (nSPS) is 10.2. The molecule has 2 rings (SSSR count). The number of nitrogen functional groups attached to an aromatic ring is 1. The number of hydrogen-bond acceptors (Lipinski definition) is 4. The molecular weight excluding hydrogens is 240 g/mol. The highest BCUT2D eigenvalue weighted by Crippen LogP contribution is 2.18. The fraction of sp³-hybridized carbons (Fsp3) is 0.286. The van der Waals surface area contributed by atoms with Crippen LogP contribution in [0.4, 0.5) is 5.82 Å². The zero-order valence-corrected chi connectivity index (χ0v) is 11.1. The topological polar surface area (TPSA) is 76.9 Å². The molecule has 0 aliphatic carbocycles. The number of nitriles is 1. The number of nitrogens with zero attached hydrogens (tertiary/aromatic N) is 3. The molecule has 2 N–H and O–H groups in total. The van der Waals surface area contributed by atoms with Gasteiger partial charge in [-0.2, -0.15) is 10.4 Å². The Morgan fingerprint density at radius 2 is 2.00 bits per heavy atom. The van der Waals surface area contributed by atoms with Gasteiger partial charge in [0.2, 0.25) is 0 Å². The number of rotatable bonds is 4. The summed E-state index contributed by atoms with van der Waals surface area (Å²) in [6.45, 7) is 0. The van der Waals surface area contributed by atoms with E-state index < -0.39 is 0 Å². The lowest BCUT2D eigenvalue weighted by atomic mass is 10.1. The number of aromatic nitrogens is 2. The van der Waals surface area contributed by atoms with Crippen molar-refractivity contribution in [1.82, 2.24) is 9.78 Å². The maximum atomic E-state index is 9.08. The third-order valence-electron chi connectivity index (χ3n) is 3.09. The van der Waals surface area contributed by atoms with Crippen LogP contribution in [0.5, 0.6) is 5.75 Å². The standard InChI is InChI=1S/C14H16N4O/c1-18-14(16)12(9-15)13(17-18)8-5-10-3-6-11(19-2)7-4-10/h3-4,6-7H,5,8,16H2,1-2H3. The summed E-state index contributed by atoms with van der Waals surface area (Å²) >= 11 is 0. The number of hydrogen-bond donors (Lipinski definition) is 1. The lowest BCUT2D eigenvalue weighted by molar-refractivity contribution is 0.414. The smallest absolute Gasteiger partial charge is 0.139 e. The first-order valence-electron chi connectivity index (χ1n) is 6.00. The van der Waals surface area contributed by atoms with E-state index in [1.165, 1.54) is 5.56 Å². The Morgan fingerprint density at radius 3 is 2.58 bits per heavy atom. The Balaban J connectivity index is 2.10. The SMILES string of the molecule is COc1ccc(CCc2nn(C)c(N)c2C#N)cc1. The lowest BCUT2D eigenvalue weighted by Gasteiger charge is -2.02. The molecule has 1 heterocycles. The summed E-state index contributed by atoms with van der Waals surface area (Å²) in [6.07, 6.45) is 1.51. The number of anilines is 1. The summed E-state index contributed by atoms with van der Waals surface area (Å²) in [6, 6.07) is 9.98. The Hall–Kier alpha value is -2.48. The van der Waals surface area contributed by atoms with Crippen LogP contribution in [0.2, 0.25) is 0 Å². The number of methoxy groups -OCH3 is 1. The van der Waals surface area contributed by atoms with Crippen molar-refractivity contribution in [2.75, 3.05) is 12.8 Å². The van der Waals surface area contributed by atoms with E-state index in [0.717, 1.165) is 17.9 Å². The lowest BCUT2D eigenvalue weighted by Crippen LogP contribution is -1.98. The largest absolute Gasteiger partial charge is 0.497 e. The average molecular weight is 256 g/mol. The molecule has 5 nitrogen and oxygen atoms in total. The molecule has 0 radical (unpaired) electrons. The predicted octanol–water partition coefficient (Wildman–Crippen LogP) is 1.67. The molecule has 0 saturated heterocycles. The highest BCUT2D eigenvalue weighted by atomic mass is 16.5. The summed E-state index contributed by atoms with van der Waals surface area (Å²) in [4.78, 5) is 0. The molecule has 0 saturated carbocycles. The molecular formula is C14H16N4O. The van der Waals surface area contributed by atoms with Gasteiger partial charge in [-0.25, -0.2) is 0 Å². The van der Waals surface area contributed by atoms with E-state index in [0.29, 0.717) is 17.8 Å². The molecule has 2 aromatic rings. The van der Waals surface area contributed by atoms with Crippen molar-refractivity contribution in [2.45, 2.75) is 12.8 Å². The van der Waals surface area contributed by atoms with Gasteiger partial charge in [-0.3, -0.25) is 4.68 Å². The van der Waals surface area contributed by atoms with Crippen molar-refractivity contribution in [2.24, 2.45) is 7.05 Å². The molecule has 0 unspecified atom stereocenters. The van der Waals surface area contributed by atoms with Gasteiger partial charge in [0.25, 0.3) is 0 Å². The molecule has 0 amide bonds.